The largest absolute Gasteiger partial charge is 0.355 e. The number of anilines is 1. The van der Waals surface area contributed by atoms with Crippen LogP contribution in [-0.2, 0) is 4.79 Å². The Balaban J connectivity index is 1.55. The second-order valence-electron chi connectivity index (χ2n) is 7.28. The third kappa shape index (κ3) is 6.82. The highest BCUT2D eigenvalue weighted by Crippen LogP contribution is 2.25. The number of hydrogen-bond acceptors (Lipinski definition) is 4. The molecule has 0 atom stereocenters. The van der Waals surface area contributed by atoms with Gasteiger partial charge < -0.3 is 10.6 Å². The lowest BCUT2D eigenvalue weighted by Crippen LogP contribution is -2.31. The molecule has 4 nitrogen and oxygen atoms in total. The van der Waals surface area contributed by atoms with Crippen LogP contribution in [0, 0.1) is 5.92 Å². The number of nitrogens with one attached hydrogen (secondary N) is 2. The van der Waals surface area contributed by atoms with Gasteiger partial charge in [0, 0.05) is 22.0 Å². The highest BCUT2D eigenvalue weighted by atomic mass is 32.2. The van der Waals surface area contributed by atoms with E-state index in [4.69, 9.17) is 0 Å². The molecule has 2 aromatic rings. The van der Waals surface area contributed by atoms with Crippen molar-refractivity contribution in [1.82, 2.24) is 5.32 Å². The summed E-state index contributed by atoms with van der Waals surface area (Å²) in [5, 5.41) is 6.02. The van der Waals surface area contributed by atoms with Gasteiger partial charge in [-0.3, -0.25) is 9.59 Å². The Hall–Kier alpha value is -1.92. The van der Waals surface area contributed by atoms with Gasteiger partial charge in [-0.05, 0) is 55.3 Å². The molecule has 0 aromatic heterocycles. The monoisotopic (exact) mass is 428 g/mol. The molecular formula is C23H28N2O2S2. The van der Waals surface area contributed by atoms with E-state index in [1.54, 1.807) is 17.8 Å². The van der Waals surface area contributed by atoms with E-state index in [-0.39, 0.29) is 11.8 Å². The average molecular weight is 429 g/mol. The van der Waals surface area contributed by atoms with Crippen LogP contribution in [0.5, 0.6) is 0 Å². The van der Waals surface area contributed by atoms with Crippen molar-refractivity contribution in [3.8, 4) is 0 Å². The Kier molecular flexibility index (Phi) is 8.50. The van der Waals surface area contributed by atoms with Gasteiger partial charge in [-0.15, -0.1) is 23.5 Å². The van der Waals surface area contributed by atoms with Gasteiger partial charge in [-0.2, -0.15) is 0 Å². The Morgan fingerprint density at radius 3 is 2.62 bits per heavy atom. The first-order chi connectivity index (χ1) is 14.2. The van der Waals surface area contributed by atoms with Crippen LogP contribution in [0.15, 0.2) is 58.3 Å². The third-order valence-corrected chi connectivity index (χ3v) is 6.93. The molecule has 2 aromatic carbocycles. The fourth-order valence-electron chi connectivity index (χ4n) is 3.52. The summed E-state index contributed by atoms with van der Waals surface area (Å²) in [6, 6.07) is 15.2. The van der Waals surface area contributed by atoms with E-state index < -0.39 is 0 Å². The van der Waals surface area contributed by atoms with E-state index in [0.717, 1.165) is 22.0 Å². The normalized spacial score (nSPS) is 14.4. The third-order valence-electron chi connectivity index (χ3n) is 5.13. The van der Waals surface area contributed by atoms with Crippen molar-refractivity contribution in [2.45, 2.75) is 41.9 Å². The molecule has 0 aliphatic heterocycles. The standard InChI is InChI=1S/C23H28N2O2S2/c1-28-19-11-7-10-18(14-19)25-23(27)20-12-5-6-13-21(20)29-16-22(26)24-15-17-8-3-2-4-9-17/h5-7,10-14,17H,2-4,8-9,15-16H2,1H3,(H,24,26)(H,25,27). The summed E-state index contributed by atoms with van der Waals surface area (Å²) in [6.45, 7) is 0.771. The molecule has 0 saturated heterocycles. The number of rotatable bonds is 8. The fourth-order valence-corrected chi connectivity index (χ4v) is 4.86. The molecule has 0 heterocycles. The molecule has 1 aliphatic rings. The van der Waals surface area contributed by atoms with E-state index in [1.807, 2.05) is 48.7 Å². The smallest absolute Gasteiger partial charge is 0.256 e. The maximum atomic E-state index is 12.8. The lowest BCUT2D eigenvalue weighted by atomic mass is 9.89. The summed E-state index contributed by atoms with van der Waals surface area (Å²) < 4.78 is 0. The molecule has 2 N–H and O–H groups in total. The summed E-state index contributed by atoms with van der Waals surface area (Å²) >= 11 is 3.05. The summed E-state index contributed by atoms with van der Waals surface area (Å²) in [4.78, 5) is 27.0. The predicted molar refractivity (Wildman–Crippen MR) is 123 cm³/mol. The Morgan fingerprint density at radius 1 is 1.03 bits per heavy atom. The zero-order chi connectivity index (χ0) is 20.5. The Bertz CT molecular complexity index is 835. The van der Waals surface area contributed by atoms with Gasteiger partial charge in [0.2, 0.25) is 5.91 Å². The zero-order valence-electron chi connectivity index (χ0n) is 16.8. The number of benzene rings is 2. The van der Waals surface area contributed by atoms with Crippen molar-refractivity contribution in [3.63, 3.8) is 0 Å². The molecule has 1 saturated carbocycles. The van der Waals surface area contributed by atoms with Crippen LogP contribution < -0.4 is 10.6 Å². The number of carbonyl (C=O) groups is 2. The minimum Gasteiger partial charge on any atom is -0.355 e. The molecule has 1 aliphatic carbocycles. The highest BCUT2D eigenvalue weighted by Gasteiger charge is 2.16. The summed E-state index contributed by atoms with van der Waals surface area (Å²) in [5.41, 5.74) is 1.36. The van der Waals surface area contributed by atoms with E-state index in [0.29, 0.717) is 17.2 Å². The van der Waals surface area contributed by atoms with E-state index >= 15 is 0 Å². The molecule has 2 amide bonds. The second kappa shape index (κ2) is 11.3. The summed E-state index contributed by atoms with van der Waals surface area (Å²) in [6.07, 6.45) is 8.31. The van der Waals surface area contributed by atoms with Crippen LogP contribution in [0.2, 0.25) is 0 Å². The highest BCUT2D eigenvalue weighted by molar-refractivity contribution is 8.00. The number of thioether (sulfide) groups is 2. The predicted octanol–water partition coefficient (Wildman–Crippen LogP) is 5.45. The maximum Gasteiger partial charge on any atom is 0.256 e. The topological polar surface area (TPSA) is 58.2 Å². The van der Waals surface area contributed by atoms with Crippen molar-refractivity contribution in [1.29, 1.82) is 0 Å². The molecule has 3 rings (SSSR count). The second-order valence-corrected chi connectivity index (χ2v) is 9.18. The molecule has 1 fully saturated rings. The molecular weight excluding hydrogens is 400 g/mol. The van der Waals surface area contributed by atoms with E-state index in [1.165, 1.54) is 43.9 Å². The lowest BCUT2D eigenvalue weighted by Gasteiger charge is -2.21. The van der Waals surface area contributed by atoms with Gasteiger partial charge in [0.1, 0.15) is 0 Å². The number of amides is 2. The van der Waals surface area contributed by atoms with Gasteiger partial charge in [0.05, 0.1) is 11.3 Å². The first-order valence-corrected chi connectivity index (χ1v) is 12.3. The van der Waals surface area contributed by atoms with Crippen LogP contribution in [0.4, 0.5) is 5.69 Å². The Morgan fingerprint density at radius 2 is 1.83 bits per heavy atom. The summed E-state index contributed by atoms with van der Waals surface area (Å²) in [7, 11) is 0. The minimum atomic E-state index is -0.158. The van der Waals surface area contributed by atoms with Crippen LogP contribution in [0.25, 0.3) is 0 Å². The van der Waals surface area contributed by atoms with Gasteiger partial charge in [0.15, 0.2) is 0 Å². The van der Waals surface area contributed by atoms with Gasteiger partial charge in [0.25, 0.3) is 5.91 Å². The zero-order valence-corrected chi connectivity index (χ0v) is 18.4. The number of hydrogen-bond donors (Lipinski definition) is 2. The van der Waals surface area contributed by atoms with Crippen molar-refractivity contribution in [2.75, 3.05) is 23.9 Å². The first kappa shape index (κ1) is 21.8. The fraction of sp³-hybridized carbons (Fsp3) is 0.391. The Labute approximate surface area is 181 Å². The lowest BCUT2D eigenvalue weighted by molar-refractivity contribution is -0.118. The van der Waals surface area contributed by atoms with Crippen LogP contribution in [0.1, 0.15) is 42.5 Å². The van der Waals surface area contributed by atoms with Gasteiger partial charge in [-0.1, -0.05) is 37.5 Å². The molecule has 0 unspecified atom stereocenters. The van der Waals surface area contributed by atoms with Crippen molar-refractivity contribution >= 4 is 41.0 Å². The van der Waals surface area contributed by atoms with E-state index in [2.05, 4.69) is 10.6 Å². The number of carbonyl (C=O) groups excluding carboxylic acids is 2. The quantitative estimate of drug-likeness (QED) is 0.549. The SMILES string of the molecule is CSc1cccc(NC(=O)c2ccccc2SCC(=O)NCC2CCCCC2)c1. The van der Waals surface area contributed by atoms with E-state index in [9.17, 15) is 9.59 Å². The first-order valence-electron chi connectivity index (χ1n) is 10.1. The molecule has 154 valence electrons. The van der Waals surface area contributed by atoms with Gasteiger partial charge in [-0.25, -0.2) is 0 Å². The van der Waals surface area contributed by atoms with Crippen LogP contribution >= 0.6 is 23.5 Å². The van der Waals surface area contributed by atoms with Crippen LogP contribution in [0.3, 0.4) is 0 Å². The van der Waals surface area contributed by atoms with Crippen molar-refractivity contribution in [3.05, 3.63) is 54.1 Å². The maximum absolute atomic E-state index is 12.8. The van der Waals surface area contributed by atoms with Crippen molar-refractivity contribution < 1.29 is 9.59 Å². The molecule has 0 spiro atoms. The summed E-state index contributed by atoms with van der Waals surface area (Å²) in [5.74, 6) is 0.809. The van der Waals surface area contributed by atoms with Gasteiger partial charge >= 0.3 is 0 Å². The molecule has 0 bridgehead atoms. The minimum absolute atomic E-state index is 0.0310. The molecule has 0 radical (unpaired) electrons. The van der Waals surface area contributed by atoms with Crippen LogP contribution in [-0.4, -0.2) is 30.4 Å². The van der Waals surface area contributed by atoms with Crippen molar-refractivity contribution in [2.24, 2.45) is 5.92 Å². The molecule has 29 heavy (non-hydrogen) atoms. The molecule has 6 heteroatoms. The average Bonchev–Trinajstić information content (AvgIpc) is 2.77.